The van der Waals surface area contributed by atoms with Gasteiger partial charge in [-0.2, -0.15) is 0 Å². The van der Waals surface area contributed by atoms with E-state index < -0.39 is 23.7 Å². The van der Waals surface area contributed by atoms with Crippen molar-refractivity contribution in [3.63, 3.8) is 0 Å². The van der Waals surface area contributed by atoms with Crippen LogP contribution in [0.15, 0.2) is 36.8 Å². The Kier molecular flexibility index (Phi) is 7.90. The Hall–Kier alpha value is -2.78. The van der Waals surface area contributed by atoms with Gasteiger partial charge in [-0.25, -0.2) is 9.37 Å². The number of carbonyl (C=O) groups excluding carboxylic acids is 2. The lowest BCUT2D eigenvalue weighted by atomic mass is 10.2. The summed E-state index contributed by atoms with van der Waals surface area (Å²) in [5, 5.41) is 14.9. The van der Waals surface area contributed by atoms with Gasteiger partial charge in [-0.3, -0.25) is 14.6 Å². The fourth-order valence-electron chi connectivity index (χ4n) is 1.96. The van der Waals surface area contributed by atoms with Crippen molar-refractivity contribution in [2.45, 2.75) is 12.5 Å². The summed E-state index contributed by atoms with van der Waals surface area (Å²) in [5.74, 6) is -1.34. The second-order valence-corrected chi connectivity index (χ2v) is 5.86. The number of halogens is 2. The third-order valence-corrected chi connectivity index (χ3v) is 3.66. The van der Waals surface area contributed by atoms with Gasteiger partial charge >= 0.3 is 0 Å². The van der Waals surface area contributed by atoms with Gasteiger partial charge in [0.25, 0.3) is 11.8 Å². The minimum absolute atomic E-state index is 0.00578. The first-order valence-corrected chi connectivity index (χ1v) is 8.40. The quantitative estimate of drug-likeness (QED) is 0.581. The van der Waals surface area contributed by atoms with Crippen molar-refractivity contribution >= 4 is 23.4 Å². The maximum atomic E-state index is 13.3. The minimum Gasteiger partial charge on any atom is -0.484 e. The molecule has 1 aromatic heterocycles. The molecule has 0 aliphatic rings. The molecule has 27 heavy (non-hydrogen) atoms. The summed E-state index contributed by atoms with van der Waals surface area (Å²) in [6, 6.07) is 3.86. The highest BCUT2D eigenvalue weighted by Gasteiger charge is 2.11. The summed E-state index contributed by atoms with van der Waals surface area (Å²) in [5.41, 5.74) is 0.147. The molecule has 0 saturated heterocycles. The fourth-order valence-corrected chi connectivity index (χ4v) is 2.08. The van der Waals surface area contributed by atoms with Gasteiger partial charge < -0.3 is 20.5 Å². The number of hydrogen-bond acceptors (Lipinski definition) is 6. The number of hydrogen-bond donors (Lipinski definition) is 3. The first-order valence-electron chi connectivity index (χ1n) is 8.02. The van der Waals surface area contributed by atoms with Crippen LogP contribution in [0, 0.1) is 5.82 Å². The highest BCUT2D eigenvalue weighted by Crippen LogP contribution is 2.20. The molecule has 0 aliphatic heterocycles. The molecular weight excluding hydrogens is 379 g/mol. The lowest BCUT2D eigenvalue weighted by Gasteiger charge is -2.12. The average molecular weight is 397 g/mol. The van der Waals surface area contributed by atoms with Crippen molar-refractivity contribution in [3.05, 3.63) is 53.3 Å². The van der Waals surface area contributed by atoms with E-state index in [4.69, 9.17) is 16.3 Å². The summed E-state index contributed by atoms with van der Waals surface area (Å²) in [6.07, 6.45) is 3.52. The summed E-state index contributed by atoms with van der Waals surface area (Å²) >= 11 is 5.56. The van der Waals surface area contributed by atoms with Gasteiger partial charge in [-0.15, -0.1) is 0 Å². The molecule has 0 fully saturated rings. The Morgan fingerprint density at radius 3 is 2.81 bits per heavy atom. The molecule has 0 saturated carbocycles. The Morgan fingerprint density at radius 2 is 2.11 bits per heavy atom. The normalized spacial score (nSPS) is 11.5. The van der Waals surface area contributed by atoms with Gasteiger partial charge in [-0.1, -0.05) is 11.6 Å². The lowest BCUT2D eigenvalue weighted by molar-refractivity contribution is -0.123. The van der Waals surface area contributed by atoms with E-state index in [0.717, 1.165) is 6.07 Å². The zero-order valence-corrected chi connectivity index (χ0v) is 14.9. The van der Waals surface area contributed by atoms with Crippen molar-refractivity contribution in [3.8, 4) is 5.75 Å². The number of aromatic nitrogens is 2. The first kappa shape index (κ1) is 20.5. The van der Waals surface area contributed by atoms with E-state index in [1.54, 1.807) is 0 Å². The van der Waals surface area contributed by atoms with E-state index in [2.05, 4.69) is 20.6 Å². The van der Waals surface area contributed by atoms with E-state index >= 15 is 0 Å². The van der Waals surface area contributed by atoms with Crippen molar-refractivity contribution in [1.29, 1.82) is 0 Å². The molecular formula is C17H18ClFN4O4. The molecule has 2 amide bonds. The minimum atomic E-state index is -0.850. The fraction of sp³-hybridized carbons (Fsp3) is 0.294. The number of aliphatic hydroxyl groups excluding tert-OH is 1. The largest absolute Gasteiger partial charge is 0.484 e. The van der Waals surface area contributed by atoms with Crippen LogP contribution in [-0.4, -0.2) is 52.7 Å². The molecule has 10 heteroatoms. The number of aliphatic hydroxyl groups is 1. The second kappa shape index (κ2) is 10.4. The van der Waals surface area contributed by atoms with Crippen molar-refractivity contribution in [2.75, 3.05) is 19.7 Å². The van der Waals surface area contributed by atoms with Crippen LogP contribution in [0.4, 0.5) is 4.39 Å². The van der Waals surface area contributed by atoms with E-state index in [-0.39, 0.29) is 42.6 Å². The van der Waals surface area contributed by atoms with Crippen LogP contribution in [0.3, 0.4) is 0 Å². The summed E-state index contributed by atoms with van der Waals surface area (Å²) in [6.45, 7) is -0.119. The van der Waals surface area contributed by atoms with Gasteiger partial charge in [-0.05, 0) is 18.6 Å². The van der Waals surface area contributed by atoms with Crippen LogP contribution in [-0.2, 0) is 4.79 Å². The van der Waals surface area contributed by atoms with Crippen LogP contribution in [0.5, 0.6) is 5.75 Å². The molecule has 3 N–H and O–H groups in total. The smallest absolute Gasteiger partial charge is 0.271 e. The van der Waals surface area contributed by atoms with Gasteiger partial charge in [0.15, 0.2) is 6.61 Å². The standard InChI is InChI=1S/C17H18ClFN4O4/c18-13-2-1-12(7-14(13)19)27-10-16(25)22-4-3-11(24)8-23-17(26)15-9-20-5-6-21-15/h1-2,5-7,9,11,24H,3-4,8,10H2,(H,22,25)(H,23,26)/t11-/m0/s1. The van der Waals surface area contributed by atoms with Crippen molar-refractivity contribution in [1.82, 2.24) is 20.6 Å². The van der Waals surface area contributed by atoms with E-state index in [1.807, 2.05) is 0 Å². The predicted octanol–water partition coefficient (Wildman–Crippen LogP) is 0.945. The monoisotopic (exact) mass is 396 g/mol. The average Bonchev–Trinajstić information content (AvgIpc) is 2.67. The SMILES string of the molecule is O=C(COc1ccc(Cl)c(F)c1)NCC[C@H](O)CNC(=O)c1cnccn1. The molecule has 2 rings (SSSR count). The first-order chi connectivity index (χ1) is 13.0. The molecule has 0 spiro atoms. The topological polar surface area (TPSA) is 113 Å². The van der Waals surface area contributed by atoms with Crippen LogP contribution >= 0.6 is 11.6 Å². The molecule has 8 nitrogen and oxygen atoms in total. The molecule has 0 radical (unpaired) electrons. The Morgan fingerprint density at radius 1 is 1.30 bits per heavy atom. The Labute approximate surface area is 159 Å². The Balaban J connectivity index is 1.61. The predicted molar refractivity (Wildman–Crippen MR) is 94.9 cm³/mol. The van der Waals surface area contributed by atoms with E-state index in [9.17, 15) is 19.1 Å². The molecule has 144 valence electrons. The highest BCUT2D eigenvalue weighted by atomic mass is 35.5. The molecule has 1 heterocycles. The molecule has 1 aromatic carbocycles. The molecule has 0 aliphatic carbocycles. The summed E-state index contributed by atoms with van der Waals surface area (Å²) in [7, 11) is 0. The molecule has 0 bridgehead atoms. The summed E-state index contributed by atoms with van der Waals surface area (Å²) < 4.78 is 18.4. The lowest BCUT2D eigenvalue weighted by Crippen LogP contribution is -2.36. The van der Waals surface area contributed by atoms with Crippen LogP contribution in [0.1, 0.15) is 16.9 Å². The van der Waals surface area contributed by atoms with Crippen LogP contribution in [0.2, 0.25) is 5.02 Å². The second-order valence-electron chi connectivity index (χ2n) is 5.46. The molecule has 0 unspecified atom stereocenters. The number of nitrogens with zero attached hydrogens (tertiary/aromatic N) is 2. The van der Waals surface area contributed by atoms with Gasteiger partial charge in [0, 0.05) is 31.5 Å². The van der Waals surface area contributed by atoms with E-state index in [0.29, 0.717) is 0 Å². The summed E-state index contributed by atoms with van der Waals surface area (Å²) in [4.78, 5) is 31.0. The third-order valence-electron chi connectivity index (χ3n) is 3.35. The van der Waals surface area contributed by atoms with Crippen LogP contribution in [0.25, 0.3) is 0 Å². The van der Waals surface area contributed by atoms with Gasteiger partial charge in [0.05, 0.1) is 17.3 Å². The zero-order valence-electron chi connectivity index (χ0n) is 14.2. The van der Waals surface area contributed by atoms with Gasteiger partial charge in [0.1, 0.15) is 17.3 Å². The third kappa shape index (κ3) is 7.16. The molecule has 1 atom stereocenters. The van der Waals surface area contributed by atoms with Crippen molar-refractivity contribution in [2.24, 2.45) is 0 Å². The Bertz CT molecular complexity index is 779. The van der Waals surface area contributed by atoms with Crippen molar-refractivity contribution < 1.29 is 23.8 Å². The number of carbonyl (C=O) groups is 2. The number of nitrogens with one attached hydrogen (secondary N) is 2. The zero-order chi connectivity index (χ0) is 19.6. The maximum absolute atomic E-state index is 13.3. The van der Waals surface area contributed by atoms with Crippen LogP contribution < -0.4 is 15.4 Å². The number of ether oxygens (including phenoxy) is 1. The number of amides is 2. The van der Waals surface area contributed by atoms with Gasteiger partial charge in [0.2, 0.25) is 0 Å². The molecule has 2 aromatic rings. The number of rotatable bonds is 9. The van der Waals surface area contributed by atoms with E-state index in [1.165, 1.54) is 30.7 Å². The number of benzene rings is 1. The highest BCUT2D eigenvalue weighted by molar-refractivity contribution is 6.30. The maximum Gasteiger partial charge on any atom is 0.271 e.